The summed E-state index contributed by atoms with van der Waals surface area (Å²) in [5, 5.41) is 0.0448. The van der Waals surface area contributed by atoms with Crippen molar-refractivity contribution in [3.05, 3.63) is 21.1 Å². The summed E-state index contributed by atoms with van der Waals surface area (Å²) in [6.07, 6.45) is 0. The summed E-state index contributed by atoms with van der Waals surface area (Å²) in [6.45, 7) is 10.7. The molecule has 0 radical (unpaired) electrons. The second-order valence-corrected chi connectivity index (χ2v) is 15.0. The summed E-state index contributed by atoms with van der Waals surface area (Å²) >= 11 is 6.71. The lowest BCUT2D eigenvalue weighted by Gasteiger charge is -2.37. The van der Waals surface area contributed by atoms with E-state index in [0.29, 0.717) is 14.7 Å². The van der Waals surface area contributed by atoms with Crippen molar-refractivity contribution in [2.75, 3.05) is 0 Å². The van der Waals surface area contributed by atoms with Crippen molar-refractivity contribution in [3.63, 3.8) is 0 Å². The highest BCUT2D eigenvalue weighted by molar-refractivity contribution is 9.11. The largest absolute Gasteiger partial charge is 0.542 e. The number of hydrogen-bond donors (Lipinski definition) is 0. The van der Waals surface area contributed by atoms with Gasteiger partial charge in [-0.2, -0.15) is 0 Å². The summed E-state index contributed by atoms with van der Waals surface area (Å²) in [6, 6.07) is 2.91. The number of hydrogen-bond acceptors (Lipinski definition) is 3. The smallest absolute Gasteiger partial charge is 0.261 e. The molecule has 0 unspecified atom stereocenters. The molecule has 0 heterocycles. The van der Waals surface area contributed by atoms with Gasteiger partial charge < -0.3 is 4.43 Å². The Morgan fingerprint density at radius 1 is 1.15 bits per heavy atom. The topological polar surface area (TPSA) is 43.4 Å². The average Bonchev–Trinajstić information content (AvgIpc) is 2.20. The molecule has 0 spiro atoms. The van der Waals surface area contributed by atoms with Gasteiger partial charge in [-0.1, -0.05) is 20.8 Å². The van der Waals surface area contributed by atoms with Crippen LogP contribution in [-0.2, 0) is 9.05 Å². The van der Waals surface area contributed by atoms with Crippen LogP contribution in [0.5, 0.6) is 5.75 Å². The molecule has 20 heavy (non-hydrogen) atoms. The molecule has 1 aromatic carbocycles. The van der Waals surface area contributed by atoms with Crippen molar-refractivity contribution in [2.24, 2.45) is 0 Å². The van der Waals surface area contributed by atoms with Crippen LogP contribution in [0.4, 0.5) is 0 Å². The summed E-state index contributed by atoms with van der Waals surface area (Å²) in [4.78, 5) is 0.0282. The average molecular weight is 465 g/mol. The predicted octanol–water partition coefficient (Wildman–Crippen LogP) is 5.52. The zero-order valence-corrected chi connectivity index (χ0v) is 17.7. The van der Waals surface area contributed by atoms with Crippen LogP contribution in [-0.4, -0.2) is 16.7 Å². The maximum Gasteiger partial charge on any atom is 0.261 e. The van der Waals surface area contributed by atoms with Crippen molar-refractivity contribution < 1.29 is 12.8 Å². The maximum absolute atomic E-state index is 11.4. The molecular weight excluding hydrogens is 448 g/mol. The quantitative estimate of drug-likeness (QED) is 0.437. The van der Waals surface area contributed by atoms with Crippen LogP contribution in [0.15, 0.2) is 26.0 Å². The van der Waals surface area contributed by atoms with Crippen molar-refractivity contribution >= 4 is 59.9 Å². The van der Waals surface area contributed by atoms with Gasteiger partial charge in [0, 0.05) is 10.7 Å². The van der Waals surface area contributed by atoms with Gasteiger partial charge >= 0.3 is 0 Å². The van der Waals surface area contributed by atoms with Crippen LogP contribution < -0.4 is 4.43 Å². The Bertz CT molecular complexity index is 601. The highest BCUT2D eigenvalue weighted by Gasteiger charge is 2.39. The zero-order chi connectivity index (χ0) is 15.9. The van der Waals surface area contributed by atoms with Crippen molar-refractivity contribution in [3.8, 4) is 5.75 Å². The van der Waals surface area contributed by atoms with Gasteiger partial charge in [-0.3, -0.25) is 0 Å². The molecule has 0 saturated heterocycles. The van der Waals surface area contributed by atoms with E-state index in [-0.39, 0.29) is 9.93 Å². The van der Waals surface area contributed by atoms with Crippen LogP contribution in [0, 0.1) is 0 Å². The minimum absolute atomic E-state index is 0.0282. The van der Waals surface area contributed by atoms with E-state index in [1.165, 1.54) is 12.1 Å². The van der Waals surface area contributed by atoms with Gasteiger partial charge in [-0.05, 0) is 62.1 Å². The minimum Gasteiger partial charge on any atom is -0.542 e. The molecule has 0 bridgehead atoms. The molecule has 1 rings (SSSR count). The molecule has 0 fully saturated rings. The van der Waals surface area contributed by atoms with Gasteiger partial charge in [0.25, 0.3) is 17.4 Å². The maximum atomic E-state index is 11.4. The number of rotatable bonds is 3. The van der Waals surface area contributed by atoms with E-state index in [1.807, 2.05) is 0 Å². The standard InChI is InChI=1S/C12H17Br2ClO3SSi/c1-12(2,3)20(4,5)18-11-9(13)6-8(7-10(11)14)19(15,16)17/h6-7H,1-5H3. The second-order valence-electron chi connectivity index (χ2n) is 6.02. The molecule has 0 amide bonds. The first-order valence-electron chi connectivity index (χ1n) is 5.88. The van der Waals surface area contributed by atoms with Gasteiger partial charge in [-0.15, -0.1) is 0 Å². The Kier molecular flexibility index (Phi) is 5.46. The van der Waals surface area contributed by atoms with Crippen LogP contribution in [0.2, 0.25) is 18.1 Å². The lowest BCUT2D eigenvalue weighted by atomic mass is 10.2. The number of halogens is 3. The lowest BCUT2D eigenvalue weighted by molar-refractivity contribution is 0.487. The van der Waals surface area contributed by atoms with E-state index in [4.69, 9.17) is 15.1 Å². The molecule has 8 heteroatoms. The molecule has 0 saturated carbocycles. The third-order valence-corrected chi connectivity index (χ3v) is 10.3. The number of benzene rings is 1. The van der Waals surface area contributed by atoms with Gasteiger partial charge in [0.05, 0.1) is 13.8 Å². The van der Waals surface area contributed by atoms with Gasteiger partial charge in [-0.25, -0.2) is 8.42 Å². The second kappa shape index (κ2) is 5.91. The molecule has 3 nitrogen and oxygen atoms in total. The molecule has 0 aliphatic carbocycles. The van der Waals surface area contributed by atoms with Crippen LogP contribution in [0.25, 0.3) is 0 Å². The minimum atomic E-state index is -3.77. The molecule has 0 N–H and O–H groups in total. The Balaban J connectivity index is 3.30. The zero-order valence-electron chi connectivity index (χ0n) is 11.9. The molecule has 1 aromatic rings. The molecule has 0 aliphatic rings. The van der Waals surface area contributed by atoms with E-state index in [1.54, 1.807) is 0 Å². The first kappa shape index (κ1) is 18.5. The fraction of sp³-hybridized carbons (Fsp3) is 0.500. The monoisotopic (exact) mass is 462 g/mol. The first-order valence-corrected chi connectivity index (χ1v) is 12.7. The SMILES string of the molecule is CC(C)(C)[Si](C)(C)Oc1c(Br)cc(S(=O)(=O)Cl)cc1Br. The first-order chi connectivity index (χ1) is 8.75. The summed E-state index contributed by atoms with van der Waals surface area (Å²) < 4.78 is 30.1. The Labute approximate surface area is 142 Å². The Morgan fingerprint density at radius 3 is 1.85 bits per heavy atom. The summed E-state index contributed by atoms with van der Waals surface area (Å²) in [5.74, 6) is 0.612. The molecule has 0 atom stereocenters. The van der Waals surface area contributed by atoms with E-state index in [2.05, 4.69) is 65.7 Å². The van der Waals surface area contributed by atoms with E-state index in [9.17, 15) is 8.42 Å². The fourth-order valence-corrected chi connectivity index (χ4v) is 4.95. The van der Waals surface area contributed by atoms with E-state index >= 15 is 0 Å². The molecular formula is C12H17Br2ClO3SSi. The van der Waals surface area contributed by atoms with E-state index in [0.717, 1.165) is 0 Å². The normalized spacial score (nSPS) is 13.4. The van der Waals surface area contributed by atoms with Gasteiger partial charge in [0.1, 0.15) is 5.75 Å². The lowest BCUT2D eigenvalue weighted by Crippen LogP contribution is -2.44. The van der Waals surface area contributed by atoms with Crippen LogP contribution in [0.1, 0.15) is 20.8 Å². The predicted molar refractivity (Wildman–Crippen MR) is 92.7 cm³/mol. The molecule has 114 valence electrons. The van der Waals surface area contributed by atoms with Crippen LogP contribution in [0.3, 0.4) is 0 Å². The molecule has 0 aromatic heterocycles. The summed E-state index contributed by atoms with van der Waals surface area (Å²) in [5.41, 5.74) is 0. The van der Waals surface area contributed by atoms with Crippen molar-refractivity contribution in [1.29, 1.82) is 0 Å². The summed E-state index contributed by atoms with van der Waals surface area (Å²) in [7, 11) is -0.424. The van der Waals surface area contributed by atoms with E-state index < -0.39 is 17.4 Å². The van der Waals surface area contributed by atoms with Crippen molar-refractivity contribution in [2.45, 2.75) is 43.8 Å². The van der Waals surface area contributed by atoms with Crippen LogP contribution >= 0.6 is 42.5 Å². The Morgan fingerprint density at radius 2 is 1.55 bits per heavy atom. The van der Waals surface area contributed by atoms with Gasteiger partial charge in [0.15, 0.2) is 0 Å². The van der Waals surface area contributed by atoms with Crippen molar-refractivity contribution in [1.82, 2.24) is 0 Å². The highest BCUT2D eigenvalue weighted by atomic mass is 79.9. The van der Waals surface area contributed by atoms with Gasteiger partial charge in [0.2, 0.25) is 0 Å². The molecule has 0 aliphatic heterocycles. The third kappa shape index (κ3) is 4.22. The fourth-order valence-electron chi connectivity index (χ4n) is 1.18. The Hall–Kier alpha value is 0.437. The highest BCUT2D eigenvalue weighted by Crippen LogP contribution is 2.43. The third-order valence-electron chi connectivity index (χ3n) is 3.42.